The van der Waals surface area contributed by atoms with Crippen LogP contribution in [0.4, 0.5) is 10.1 Å². The maximum absolute atomic E-state index is 13.4. The molecule has 0 unspecified atom stereocenters. The Morgan fingerprint density at radius 3 is 2.82 bits per heavy atom. The predicted octanol–water partition coefficient (Wildman–Crippen LogP) is 2.25. The molecule has 0 bridgehead atoms. The Labute approximate surface area is 97.4 Å². The van der Waals surface area contributed by atoms with E-state index in [9.17, 15) is 19.6 Å². The zero-order valence-electron chi connectivity index (χ0n) is 9.15. The van der Waals surface area contributed by atoms with Gasteiger partial charge in [0, 0.05) is 17.7 Å². The molecule has 1 aromatic rings. The summed E-state index contributed by atoms with van der Waals surface area (Å²) >= 11 is 0. The van der Waals surface area contributed by atoms with Crippen LogP contribution in [0.1, 0.15) is 30.9 Å². The van der Waals surface area contributed by atoms with Crippen molar-refractivity contribution in [3.05, 3.63) is 33.6 Å². The number of piperidine rings is 1. The van der Waals surface area contributed by atoms with E-state index in [1.165, 1.54) is 6.07 Å². The third-order valence-corrected chi connectivity index (χ3v) is 2.97. The van der Waals surface area contributed by atoms with Gasteiger partial charge in [0.25, 0.3) is 5.69 Å². The maximum atomic E-state index is 13.4. The highest BCUT2D eigenvalue weighted by atomic mass is 19.1. The number of aromatic hydroxyl groups is 1. The molecule has 0 amide bonds. The van der Waals surface area contributed by atoms with Crippen LogP contribution in [0.5, 0.6) is 5.75 Å². The molecule has 1 fully saturated rings. The smallest absolute Gasteiger partial charge is 0.272 e. The molecule has 2 rings (SSSR count). The Morgan fingerprint density at radius 1 is 1.47 bits per heavy atom. The number of phenols is 1. The number of nitro groups is 1. The van der Waals surface area contributed by atoms with E-state index < -0.39 is 16.5 Å². The summed E-state index contributed by atoms with van der Waals surface area (Å²) in [4.78, 5) is 9.98. The van der Waals surface area contributed by atoms with Gasteiger partial charge in [-0.25, -0.2) is 4.39 Å². The second kappa shape index (κ2) is 4.67. The molecule has 0 saturated carbocycles. The molecule has 0 aliphatic carbocycles. The number of nitrogens with zero attached hydrogens (tertiary/aromatic N) is 1. The highest BCUT2D eigenvalue weighted by Gasteiger charge is 2.23. The Kier molecular flexibility index (Phi) is 3.23. The number of rotatable bonds is 2. The Bertz CT molecular complexity index is 445. The molecule has 1 aliphatic heterocycles. The lowest BCUT2D eigenvalue weighted by Crippen LogP contribution is -2.27. The first-order valence-corrected chi connectivity index (χ1v) is 5.50. The number of hydrogen-bond donors (Lipinski definition) is 2. The average molecular weight is 240 g/mol. The lowest BCUT2D eigenvalue weighted by atomic mass is 9.96. The van der Waals surface area contributed by atoms with Crippen molar-refractivity contribution in [3.63, 3.8) is 0 Å². The van der Waals surface area contributed by atoms with Gasteiger partial charge in [-0.2, -0.15) is 0 Å². The molecule has 5 nitrogen and oxygen atoms in total. The summed E-state index contributed by atoms with van der Waals surface area (Å²) in [5.41, 5.74) is -0.0564. The summed E-state index contributed by atoms with van der Waals surface area (Å²) in [7, 11) is 0. The molecule has 92 valence electrons. The van der Waals surface area contributed by atoms with E-state index in [1.54, 1.807) is 0 Å². The fraction of sp³-hybridized carbons (Fsp3) is 0.455. The second-order valence-corrected chi connectivity index (χ2v) is 4.13. The Hall–Kier alpha value is -1.69. The molecule has 1 atom stereocenters. The lowest BCUT2D eigenvalue weighted by molar-refractivity contribution is -0.385. The molecule has 2 N–H and O–H groups in total. The Balaban J connectivity index is 2.40. The number of benzene rings is 1. The second-order valence-electron chi connectivity index (χ2n) is 4.13. The standard InChI is InChI=1S/C11H13FN2O3/c12-9-6-7(14(16)17)5-8(11(9)15)10-3-1-2-4-13-10/h5-6,10,13,15H,1-4H2/t10-/m1/s1. The number of phenolic OH excluding ortho intramolecular Hbond substituents is 1. The first kappa shape index (κ1) is 11.8. The van der Waals surface area contributed by atoms with Crippen LogP contribution in [-0.4, -0.2) is 16.6 Å². The van der Waals surface area contributed by atoms with Crippen molar-refractivity contribution in [1.29, 1.82) is 0 Å². The normalized spacial score (nSPS) is 20.2. The van der Waals surface area contributed by atoms with Gasteiger partial charge in [0.05, 0.1) is 11.0 Å². The quantitative estimate of drug-likeness (QED) is 0.614. The Morgan fingerprint density at radius 2 is 2.24 bits per heavy atom. The van der Waals surface area contributed by atoms with Gasteiger partial charge < -0.3 is 10.4 Å². The SMILES string of the molecule is O=[N+]([O-])c1cc(F)c(O)c([C@H]2CCCCN2)c1. The third kappa shape index (κ3) is 2.36. The van der Waals surface area contributed by atoms with E-state index in [2.05, 4.69) is 5.32 Å². The fourth-order valence-corrected chi connectivity index (χ4v) is 2.09. The van der Waals surface area contributed by atoms with E-state index >= 15 is 0 Å². The number of non-ortho nitro benzene ring substituents is 1. The first-order chi connectivity index (χ1) is 8.09. The van der Waals surface area contributed by atoms with Crippen molar-refractivity contribution in [3.8, 4) is 5.75 Å². The fourth-order valence-electron chi connectivity index (χ4n) is 2.09. The molecule has 0 radical (unpaired) electrons. The van der Waals surface area contributed by atoms with Gasteiger partial charge in [-0.1, -0.05) is 6.42 Å². The summed E-state index contributed by atoms with van der Waals surface area (Å²) in [6.45, 7) is 0.772. The largest absolute Gasteiger partial charge is 0.505 e. The monoisotopic (exact) mass is 240 g/mol. The van der Waals surface area contributed by atoms with Gasteiger partial charge >= 0.3 is 0 Å². The van der Waals surface area contributed by atoms with Crippen LogP contribution in [0.15, 0.2) is 12.1 Å². The molecule has 1 aromatic carbocycles. The minimum Gasteiger partial charge on any atom is -0.505 e. The lowest BCUT2D eigenvalue weighted by Gasteiger charge is -2.24. The van der Waals surface area contributed by atoms with E-state index in [4.69, 9.17) is 0 Å². The molecule has 1 saturated heterocycles. The van der Waals surface area contributed by atoms with Gasteiger partial charge in [-0.05, 0) is 19.4 Å². The van der Waals surface area contributed by atoms with E-state index in [0.717, 1.165) is 31.9 Å². The number of nitrogens with one attached hydrogen (secondary N) is 1. The van der Waals surface area contributed by atoms with Crippen LogP contribution in [0.2, 0.25) is 0 Å². The topological polar surface area (TPSA) is 75.4 Å². The van der Waals surface area contributed by atoms with Crippen molar-refractivity contribution in [1.82, 2.24) is 5.32 Å². The van der Waals surface area contributed by atoms with Gasteiger partial charge in [0.2, 0.25) is 0 Å². The molecular weight excluding hydrogens is 227 g/mol. The third-order valence-electron chi connectivity index (χ3n) is 2.97. The summed E-state index contributed by atoms with van der Waals surface area (Å²) < 4.78 is 13.4. The first-order valence-electron chi connectivity index (χ1n) is 5.50. The summed E-state index contributed by atoms with van der Waals surface area (Å²) in [5, 5.41) is 23.4. The number of nitro benzene ring substituents is 1. The molecule has 0 spiro atoms. The molecule has 1 heterocycles. The van der Waals surface area contributed by atoms with Gasteiger partial charge in [-0.15, -0.1) is 0 Å². The van der Waals surface area contributed by atoms with E-state index in [0.29, 0.717) is 0 Å². The summed E-state index contributed by atoms with van der Waals surface area (Å²) in [6.07, 6.45) is 2.73. The number of hydrogen-bond acceptors (Lipinski definition) is 4. The molecule has 0 aromatic heterocycles. The van der Waals surface area contributed by atoms with Crippen molar-refractivity contribution >= 4 is 5.69 Å². The van der Waals surface area contributed by atoms with Crippen LogP contribution in [-0.2, 0) is 0 Å². The zero-order chi connectivity index (χ0) is 12.4. The van der Waals surface area contributed by atoms with Crippen LogP contribution in [0.25, 0.3) is 0 Å². The summed E-state index contributed by atoms with van der Waals surface area (Å²) in [6, 6.07) is 1.77. The average Bonchev–Trinajstić information content (AvgIpc) is 2.33. The van der Waals surface area contributed by atoms with E-state index in [1.807, 2.05) is 0 Å². The van der Waals surface area contributed by atoms with Crippen LogP contribution < -0.4 is 5.32 Å². The van der Waals surface area contributed by atoms with Gasteiger partial charge in [-0.3, -0.25) is 10.1 Å². The summed E-state index contributed by atoms with van der Waals surface area (Å²) in [5.74, 6) is -1.43. The van der Waals surface area contributed by atoms with Gasteiger partial charge in [0.15, 0.2) is 11.6 Å². The van der Waals surface area contributed by atoms with Crippen LogP contribution in [0.3, 0.4) is 0 Å². The zero-order valence-corrected chi connectivity index (χ0v) is 9.15. The van der Waals surface area contributed by atoms with Crippen LogP contribution >= 0.6 is 0 Å². The van der Waals surface area contributed by atoms with Crippen LogP contribution in [0, 0.1) is 15.9 Å². The predicted molar refractivity (Wildman–Crippen MR) is 59.3 cm³/mol. The van der Waals surface area contributed by atoms with Gasteiger partial charge in [0.1, 0.15) is 0 Å². The van der Waals surface area contributed by atoms with Crippen molar-refractivity contribution in [2.75, 3.05) is 6.54 Å². The van der Waals surface area contributed by atoms with E-state index in [-0.39, 0.29) is 17.3 Å². The molecule has 1 aliphatic rings. The molecule has 17 heavy (non-hydrogen) atoms. The minimum absolute atomic E-state index is 0.210. The minimum atomic E-state index is -0.943. The highest BCUT2D eigenvalue weighted by molar-refractivity contribution is 5.46. The number of halogens is 1. The maximum Gasteiger partial charge on any atom is 0.272 e. The molecular formula is C11H13FN2O3. The van der Waals surface area contributed by atoms with Crippen molar-refractivity contribution in [2.24, 2.45) is 0 Å². The highest BCUT2D eigenvalue weighted by Crippen LogP contribution is 2.34. The van der Waals surface area contributed by atoms with Crippen molar-refractivity contribution < 1.29 is 14.4 Å². The molecule has 6 heteroatoms. The van der Waals surface area contributed by atoms with Crippen molar-refractivity contribution in [2.45, 2.75) is 25.3 Å².